The zero-order valence-corrected chi connectivity index (χ0v) is 20.5. The zero-order valence-electron chi connectivity index (χ0n) is 18.1. The number of benzene rings is 1. The van der Waals surface area contributed by atoms with Crippen LogP contribution < -0.4 is 15.6 Å². The first-order chi connectivity index (χ1) is 16.6. The summed E-state index contributed by atoms with van der Waals surface area (Å²) in [7, 11) is 1.43. The molecule has 0 aliphatic rings. The lowest BCUT2D eigenvalue weighted by atomic mass is 10.1. The third-order valence-corrected chi connectivity index (χ3v) is 7.00. The van der Waals surface area contributed by atoms with Crippen molar-refractivity contribution in [1.82, 2.24) is 15.0 Å². The first-order valence-electron chi connectivity index (χ1n) is 9.89. The first-order valence-corrected chi connectivity index (χ1v) is 12.1. The zero-order chi connectivity index (χ0) is 25.3. The second kappa shape index (κ2) is 9.88. The minimum Gasteiger partial charge on any atom is -0.495 e. The summed E-state index contributed by atoms with van der Waals surface area (Å²) in [6, 6.07) is 7.36. The summed E-state index contributed by atoms with van der Waals surface area (Å²) in [4.78, 5) is 36.2. The van der Waals surface area contributed by atoms with Crippen molar-refractivity contribution in [2.24, 2.45) is 0 Å². The van der Waals surface area contributed by atoms with Crippen LogP contribution in [0.15, 0.2) is 45.7 Å². The number of hydrogen-bond donors (Lipinski definition) is 2. The Balaban J connectivity index is 1.63. The molecule has 35 heavy (non-hydrogen) atoms. The van der Waals surface area contributed by atoms with Crippen LogP contribution in [-0.4, -0.2) is 33.7 Å². The average molecular weight is 541 g/mol. The lowest BCUT2D eigenvalue weighted by molar-refractivity contribution is -0.136. The number of carbonyl (C=O) groups is 1. The number of fused-ring (bicyclic) bond motifs is 1. The van der Waals surface area contributed by atoms with Crippen LogP contribution >= 0.6 is 34.7 Å². The quantitative estimate of drug-likeness (QED) is 0.238. The van der Waals surface area contributed by atoms with E-state index in [2.05, 4.69) is 20.3 Å². The van der Waals surface area contributed by atoms with Crippen molar-refractivity contribution in [1.29, 1.82) is 0 Å². The van der Waals surface area contributed by atoms with Gasteiger partial charge in [-0.15, -0.1) is 11.3 Å². The van der Waals surface area contributed by atoms with Crippen LogP contribution in [0.5, 0.6) is 5.75 Å². The van der Waals surface area contributed by atoms with E-state index < -0.39 is 28.6 Å². The molecule has 0 bridgehead atoms. The Labute approximate surface area is 209 Å². The molecular weight excluding hydrogens is 525 g/mol. The summed E-state index contributed by atoms with van der Waals surface area (Å²) >= 11 is 8.14. The molecule has 13 heteroatoms. The number of ether oxygens (including phenoxy) is 1. The molecule has 2 N–H and O–H groups in total. The van der Waals surface area contributed by atoms with E-state index in [9.17, 15) is 22.8 Å². The Kier molecular flexibility index (Phi) is 7.06. The van der Waals surface area contributed by atoms with Gasteiger partial charge in [-0.25, -0.2) is 9.97 Å². The number of H-pyrrole nitrogens is 1. The molecule has 3 heterocycles. The number of anilines is 1. The molecule has 0 unspecified atom stereocenters. The highest BCUT2D eigenvalue weighted by Gasteiger charge is 2.35. The van der Waals surface area contributed by atoms with Crippen molar-refractivity contribution in [2.45, 2.75) is 18.3 Å². The number of aryl methyl sites for hydroxylation is 1. The maximum Gasteiger partial charge on any atom is 0.417 e. The maximum absolute atomic E-state index is 13.7. The Morgan fingerprint density at radius 3 is 2.71 bits per heavy atom. The van der Waals surface area contributed by atoms with Crippen LogP contribution in [0.25, 0.3) is 21.6 Å². The second-order valence-electron chi connectivity index (χ2n) is 7.24. The van der Waals surface area contributed by atoms with Gasteiger partial charge in [-0.3, -0.25) is 9.59 Å². The second-order valence-corrected chi connectivity index (χ2v) is 9.56. The summed E-state index contributed by atoms with van der Waals surface area (Å²) in [5.41, 5.74) is -1.30. The molecule has 0 spiro atoms. The number of thiophene rings is 1. The number of pyridine rings is 1. The van der Waals surface area contributed by atoms with Gasteiger partial charge in [-0.05, 0) is 36.1 Å². The molecule has 0 radical (unpaired) electrons. The normalized spacial score (nSPS) is 11.6. The number of rotatable bonds is 6. The smallest absolute Gasteiger partial charge is 0.417 e. The van der Waals surface area contributed by atoms with E-state index in [0.29, 0.717) is 21.3 Å². The standard InChI is InChI=1S/C22H16ClF3N4O3S2/c1-10-6-13(15(33-2)8-12(10)23)27-17(31)9-35-21-29-19-18(20(32)30-21)11(22(24,25)26)7-14(28-19)16-4-3-5-34-16/h3-8H,9H2,1-2H3,(H,27,31)(H,28,29,30,32). The molecule has 0 fully saturated rings. The lowest BCUT2D eigenvalue weighted by Crippen LogP contribution is -2.19. The van der Waals surface area contributed by atoms with Crippen molar-refractivity contribution < 1.29 is 22.7 Å². The molecule has 182 valence electrons. The number of thioether (sulfide) groups is 1. The molecule has 0 atom stereocenters. The number of nitrogens with one attached hydrogen (secondary N) is 2. The third kappa shape index (κ3) is 5.44. The van der Waals surface area contributed by atoms with E-state index in [-0.39, 0.29) is 22.3 Å². The summed E-state index contributed by atoms with van der Waals surface area (Å²) in [6.45, 7) is 1.77. The van der Waals surface area contributed by atoms with Gasteiger partial charge in [0.25, 0.3) is 5.56 Å². The van der Waals surface area contributed by atoms with E-state index in [1.807, 2.05) is 0 Å². The fraction of sp³-hybridized carbons (Fsp3) is 0.182. The highest BCUT2D eigenvalue weighted by atomic mass is 35.5. The number of alkyl halides is 3. The van der Waals surface area contributed by atoms with Crippen LogP contribution in [0.2, 0.25) is 5.02 Å². The summed E-state index contributed by atoms with van der Waals surface area (Å²) < 4.78 is 46.4. The number of carbonyl (C=O) groups excluding carboxylic acids is 1. The largest absolute Gasteiger partial charge is 0.495 e. The Hall–Kier alpha value is -3.09. The Morgan fingerprint density at radius 2 is 2.06 bits per heavy atom. The summed E-state index contributed by atoms with van der Waals surface area (Å²) in [5, 5.41) is 4.16. The maximum atomic E-state index is 13.7. The predicted octanol–water partition coefficient (Wildman–Crippen LogP) is 5.77. The van der Waals surface area contributed by atoms with E-state index in [0.717, 1.165) is 23.4 Å². The van der Waals surface area contributed by atoms with E-state index in [4.69, 9.17) is 16.3 Å². The molecule has 7 nitrogen and oxygen atoms in total. The minimum absolute atomic E-state index is 0.0409. The van der Waals surface area contributed by atoms with Crippen molar-refractivity contribution in [2.75, 3.05) is 18.2 Å². The average Bonchev–Trinajstić information content (AvgIpc) is 3.33. The molecule has 0 saturated carbocycles. The van der Waals surface area contributed by atoms with Gasteiger partial charge in [0.2, 0.25) is 5.91 Å². The van der Waals surface area contributed by atoms with Gasteiger partial charge in [-0.2, -0.15) is 13.2 Å². The van der Waals surface area contributed by atoms with Gasteiger partial charge < -0.3 is 15.0 Å². The molecule has 4 rings (SSSR count). The third-order valence-electron chi connectivity index (χ3n) is 4.83. The van der Waals surface area contributed by atoms with Gasteiger partial charge in [-0.1, -0.05) is 29.4 Å². The van der Waals surface area contributed by atoms with Crippen molar-refractivity contribution >= 4 is 57.3 Å². The van der Waals surface area contributed by atoms with Crippen LogP contribution in [0.4, 0.5) is 18.9 Å². The topological polar surface area (TPSA) is 97.0 Å². The summed E-state index contributed by atoms with van der Waals surface area (Å²) in [6.07, 6.45) is -4.79. The van der Waals surface area contributed by atoms with Crippen LogP contribution in [0.3, 0.4) is 0 Å². The molecule has 3 aromatic heterocycles. The Bertz CT molecular complexity index is 1470. The predicted molar refractivity (Wildman–Crippen MR) is 131 cm³/mol. The van der Waals surface area contributed by atoms with Gasteiger partial charge in [0.15, 0.2) is 10.8 Å². The Morgan fingerprint density at radius 1 is 1.29 bits per heavy atom. The van der Waals surface area contributed by atoms with Gasteiger partial charge in [0.05, 0.1) is 40.1 Å². The molecular formula is C22H16ClF3N4O3S2. The van der Waals surface area contributed by atoms with Gasteiger partial charge in [0.1, 0.15) is 5.75 Å². The van der Waals surface area contributed by atoms with Crippen LogP contribution in [0.1, 0.15) is 11.1 Å². The van der Waals surface area contributed by atoms with Gasteiger partial charge >= 0.3 is 6.18 Å². The molecule has 0 aliphatic carbocycles. The van der Waals surface area contributed by atoms with Crippen molar-refractivity contribution in [3.8, 4) is 16.3 Å². The van der Waals surface area contributed by atoms with Crippen molar-refractivity contribution in [3.63, 3.8) is 0 Å². The monoisotopic (exact) mass is 540 g/mol. The minimum atomic E-state index is -4.79. The number of aromatic amines is 1. The number of nitrogens with zero attached hydrogens (tertiary/aromatic N) is 2. The van der Waals surface area contributed by atoms with E-state index in [1.165, 1.54) is 18.4 Å². The number of halogens is 4. The molecule has 0 aliphatic heterocycles. The summed E-state index contributed by atoms with van der Waals surface area (Å²) in [5.74, 6) is -0.272. The molecule has 1 amide bonds. The molecule has 1 aromatic carbocycles. The number of hydrogen-bond acceptors (Lipinski definition) is 7. The molecule has 4 aromatic rings. The SMILES string of the molecule is COc1cc(Cl)c(C)cc1NC(=O)CSc1nc2nc(-c3cccs3)cc(C(F)(F)F)c2c(=O)[nH]1. The highest BCUT2D eigenvalue weighted by Crippen LogP contribution is 2.36. The van der Waals surface area contributed by atoms with Crippen molar-refractivity contribution in [3.05, 3.63) is 62.2 Å². The molecule has 0 saturated heterocycles. The fourth-order valence-corrected chi connectivity index (χ4v) is 4.71. The number of aromatic nitrogens is 3. The van der Waals surface area contributed by atoms with Crippen LogP contribution in [-0.2, 0) is 11.0 Å². The fourth-order valence-electron chi connectivity index (χ4n) is 3.21. The van der Waals surface area contributed by atoms with Crippen LogP contribution in [0, 0.1) is 6.92 Å². The van der Waals surface area contributed by atoms with Gasteiger partial charge in [0, 0.05) is 11.1 Å². The number of amides is 1. The van der Waals surface area contributed by atoms with E-state index >= 15 is 0 Å². The first kappa shape index (κ1) is 25.0. The lowest BCUT2D eigenvalue weighted by Gasteiger charge is -2.13. The van der Waals surface area contributed by atoms with E-state index in [1.54, 1.807) is 36.6 Å². The highest BCUT2D eigenvalue weighted by molar-refractivity contribution is 7.99. The number of methoxy groups -OCH3 is 1.